The molecular formula is C14H15Cl2NO4. The van der Waals surface area contributed by atoms with Crippen molar-refractivity contribution in [2.45, 2.75) is 26.0 Å². The molecule has 3 atom stereocenters. The van der Waals surface area contributed by atoms with Gasteiger partial charge < -0.3 is 10.2 Å². The molecule has 7 heteroatoms. The molecule has 1 aliphatic rings. The maximum absolute atomic E-state index is 12.4. The normalized spacial score (nSPS) is 27.3. The summed E-state index contributed by atoms with van der Waals surface area (Å²) in [6.07, 6.45) is -1.57. The number of hydrogen-bond donors (Lipinski definition) is 2. The number of imide groups is 1. The van der Waals surface area contributed by atoms with Crippen LogP contribution in [0.5, 0.6) is 0 Å². The van der Waals surface area contributed by atoms with E-state index in [1.807, 2.05) is 0 Å². The van der Waals surface area contributed by atoms with Crippen molar-refractivity contribution in [1.82, 2.24) is 4.90 Å². The zero-order valence-electron chi connectivity index (χ0n) is 11.5. The molecule has 1 aromatic rings. The third-order valence-electron chi connectivity index (χ3n) is 3.91. The van der Waals surface area contributed by atoms with E-state index in [4.69, 9.17) is 23.2 Å². The molecule has 1 saturated heterocycles. The number of likely N-dealkylation sites (tertiary alicyclic amines) is 1. The zero-order valence-corrected chi connectivity index (χ0v) is 13.0. The highest BCUT2D eigenvalue weighted by Gasteiger charge is 2.57. The molecule has 21 heavy (non-hydrogen) atoms. The smallest absolute Gasteiger partial charge is 0.259 e. The summed E-state index contributed by atoms with van der Waals surface area (Å²) in [4.78, 5) is 25.5. The van der Waals surface area contributed by atoms with Gasteiger partial charge in [0.1, 0.15) is 11.5 Å². The number of hydrogen-bond acceptors (Lipinski definition) is 4. The summed E-state index contributed by atoms with van der Waals surface area (Å²) >= 11 is 11.9. The number of carbonyl (C=O) groups is 2. The van der Waals surface area contributed by atoms with Crippen LogP contribution in [0.25, 0.3) is 0 Å². The number of nitrogens with zero attached hydrogens (tertiary/aromatic N) is 1. The first kappa shape index (κ1) is 16.2. The van der Waals surface area contributed by atoms with Gasteiger partial charge in [-0.15, -0.1) is 0 Å². The van der Waals surface area contributed by atoms with E-state index in [-0.39, 0.29) is 0 Å². The van der Waals surface area contributed by atoms with Gasteiger partial charge in [-0.25, -0.2) is 0 Å². The molecule has 114 valence electrons. The van der Waals surface area contributed by atoms with Crippen LogP contribution in [0.1, 0.15) is 25.5 Å². The molecule has 1 fully saturated rings. The maximum atomic E-state index is 12.4. The molecule has 3 unspecified atom stereocenters. The van der Waals surface area contributed by atoms with Gasteiger partial charge in [0, 0.05) is 10.0 Å². The van der Waals surface area contributed by atoms with Crippen LogP contribution in [0.4, 0.5) is 0 Å². The van der Waals surface area contributed by atoms with Crippen LogP contribution in [-0.4, -0.2) is 39.6 Å². The molecule has 2 rings (SSSR count). The predicted octanol–water partition coefficient (Wildman–Crippen LogP) is 1.78. The number of aliphatic hydroxyl groups is 2. The first-order valence-corrected chi connectivity index (χ1v) is 7.11. The van der Waals surface area contributed by atoms with E-state index in [1.54, 1.807) is 19.1 Å². The van der Waals surface area contributed by atoms with Crippen molar-refractivity contribution in [1.29, 1.82) is 0 Å². The van der Waals surface area contributed by atoms with Gasteiger partial charge in [0.15, 0.2) is 0 Å². The average molecular weight is 332 g/mol. The molecule has 0 radical (unpaired) electrons. The first-order chi connectivity index (χ1) is 9.74. The lowest BCUT2D eigenvalue weighted by atomic mass is 9.87. The fraction of sp³-hybridized carbons (Fsp3) is 0.429. The fourth-order valence-electron chi connectivity index (χ4n) is 2.40. The van der Waals surface area contributed by atoms with E-state index in [2.05, 4.69) is 0 Å². The zero-order chi connectivity index (χ0) is 15.9. The molecule has 2 N–H and O–H groups in total. The molecule has 1 aromatic carbocycles. The van der Waals surface area contributed by atoms with E-state index in [9.17, 15) is 19.8 Å². The van der Waals surface area contributed by atoms with Gasteiger partial charge in [0.2, 0.25) is 5.91 Å². The summed E-state index contributed by atoms with van der Waals surface area (Å²) in [5, 5.41) is 20.0. The second-order valence-corrected chi connectivity index (χ2v) is 6.18. The van der Waals surface area contributed by atoms with Crippen molar-refractivity contribution in [3.63, 3.8) is 0 Å². The Hall–Kier alpha value is -1.14. The molecule has 0 bridgehead atoms. The number of benzene rings is 1. The Labute approximate surface area is 132 Å². The van der Waals surface area contributed by atoms with Crippen LogP contribution < -0.4 is 0 Å². The van der Waals surface area contributed by atoms with E-state index >= 15 is 0 Å². The van der Waals surface area contributed by atoms with Gasteiger partial charge in [0.05, 0.1) is 12.6 Å². The molecule has 0 aliphatic carbocycles. The molecule has 0 aromatic heterocycles. The van der Waals surface area contributed by atoms with E-state index in [0.29, 0.717) is 15.6 Å². The van der Waals surface area contributed by atoms with Crippen LogP contribution in [0.15, 0.2) is 18.2 Å². The summed E-state index contributed by atoms with van der Waals surface area (Å²) in [6.45, 7) is 2.37. The third-order valence-corrected chi connectivity index (χ3v) is 4.47. The summed E-state index contributed by atoms with van der Waals surface area (Å²) in [6, 6.07) is 4.07. The Morgan fingerprint density at radius 1 is 1.38 bits per heavy atom. The van der Waals surface area contributed by atoms with E-state index in [1.165, 1.54) is 13.0 Å². The number of rotatable bonds is 3. The van der Waals surface area contributed by atoms with Crippen LogP contribution in [0.2, 0.25) is 10.0 Å². The first-order valence-electron chi connectivity index (χ1n) is 6.35. The van der Waals surface area contributed by atoms with E-state index in [0.717, 1.165) is 4.90 Å². The number of halogens is 2. The summed E-state index contributed by atoms with van der Waals surface area (Å²) in [5.74, 6) is -1.36. The maximum Gasteiger partial charge on any atom is 0.259 e. The van der Waals surface area contributed by atoms with Gasteiger partial charge in [-0.05, 0) is 31.5 Å². The highest BCUT2D eigenvalue weighted by atomic mass is 35.5. The van der Waals surface area contributed by atoms with Gasteiger partial charge in [-0.2, -0.15) is 0 Å². The Kier molecular flexibility index (Phi) is 4.31. The largest absolute Gasteiger partial charge is 0.395 e. The predicted molar refractivity (Wildman–Crippen MR) is 77.9 cm³/mol. The highest BCUT2D eigenvalue weighted by molar-refractivity contribution is 6.35. The second kappa shape index (κ2) is 5.57. The average Bonchev–Trinajstić information content (AvgIpc) is 2.60. The lowest BCUT2D eigenvalue weighted by Gasteiger charge is -2.26. The van der Waals surface area contributed by atoms with Crippen molar-refractivity contribution < 1.29 is 19.8 Å². The van der Waals surface area contributed by atoms with Gasteiger partial charge in [-0.3, -0.25) is 14.5 Å². The Bertz CT molecular complexity index is 607. The fourth-order valence-corrected chi connectivity index (χ4v) is 2.96. The molecule has 0 saturated carbocycles. The Balaban J connectivity index is 2.42. The summed E-state index contributed by atoms with van der Waals surface area (Å²) < 4.78 is 0. The van der Waals surface area contributed by atoms with Crippen LogP contribution >= 0.6 is 23.2 Å². The lowest BCUT2D eigenvalue weighted by Crippen LogP contribution is -2.39. The van der Waals surface area contributed by atoms with Gasteiger partial charge in [-0.1, -0.05) is 29.3 Å². The monoisotopic (exact) mass is 331 g/mol. The molecule has 0 spiro atoms. The Morgan fingerprint density at radius 2 is 2.00 bits per heavy atom. The standard InChI is InChI=1S/C14H15Cl2NO4/c1-7(9-4-3-8(15)5-10(9)16)17-12(20)11(19)14(2,6-18)13(17)21/h3-5,7,11,18-19H,6H2,1-2H3. The van der Waals surface area contributed by atoms with Crippen molar-refractivity contribution >= 4 is 35.0 Å². The number of aliphatic hydroxyl groups excluding tert-OH is 2. The van der Waals surface area contributed by atoms with Crippen molar-refractivity contribution in [3.05, 3.63) is 33.8 Å². The summed E-state index contributed by atoms with van der Waals surface area (Å²) in [7, 11) is 0. The molecule has 1 aliphatic heterocycles. The second-order valence-electron chi connectivity index (χ2n) is 5.33. The minimum atomic E-state index is -1.57. The van der Waals surface area contributed by atoms with Crippen molar-refractivity contribution in [2.24, 2.45) is 5.41 Å². The van der Waals surface area contributed by atoms with Gasteiger partial charge >= 0.3 is 0 Å². The third kappa shape index (κ3) is 2.44. The van der Waals surface area contributed by atoms with Crippen LogP contribution in [0, 0.1) is 5.41 Å². The minimum absolute atomic E-state index is 0.322. The molecule has 5 nitrogen and oxygen atoms in total. The van der Waals surface area contributed by atoms with Gasteiger partial charge in [0.25, 0.3) is 5.91 Å². The van der Waals surface area contributed by atoms with E-state index < -0.39 is 36.0 Å². The number of carbonyl (C=O) groups excluding carboxylic acids is 2. The lowest BCUT2D eigenvalue weighted by molar-refractivity contribution is -0.144. The summed E-state index contributed by atoms with van der Waals surface area (Å²) in [5.41, 5.74) is -0.985. The quantitative estimate of drug-likeness (QED) is 0.827. The van der Waals surface area contributed by atoms with Crippen molar-refractivity contribution in [3.8, 4) is 0 Å². The van der Waals surface area contributed by atoms with Crippen LogP contribution in [-0.2, 0) is 9.59 Å². The molecule has 2 amide bonds. The molecule has 1 heterocycles. The van der Waals surface area contributed by atoms with Crippen LogP contribution in [0.3, 0.4) is 0 Å². The Morgan fingerprint density at radius 3 is 2.48 bits per heavy atom. The van der Waals surface area contributed by atoms with Crippen molar-refractivity contribution in [2.75, 3.05) is 6.61 Å². The topological polar surface area (TPSA) is 77.8 Å². The minimum Gasteiger partial charge on any atom is -0.395 e. The highest BCUT2D eigenvalue weighted by Crippen LogP contribution is 2.39. The number of amides is 2. The SMILES string of the molecule is CC(c1ccc(Cl)cc1Cl)N1C(=O)C(O)C(C)(CO)C1=O. The molecular weight excluding hydrogens is 317 g/mol.